The molecule has 0 aliphatic heterocycles. The minimum Gasteiger partial charge on any atom is -0.388 e. The number of para-hydroxylation sites is 1. The second-order valence-electron chi connectivity index (χ2n) is 5.53. The van der Waals surface area contributed by atoms with Gasteiger partial charge in [-0.15, -0.1) is 0 Å². The van der Waals surface area contributed by atoms with Gasteiger partial charge in [-0.05, 0) is 32.9 Å². The van der Waals surface area contributed by atoms with Crippen LogP contribution in [-0.2, 0) is 6.54 Å². The molecule has 0 saturated heterocycles. The Morgan fingerprint density at radius 3 is 2.56 bits per heavy atom. The van der Waals surface area contributed by atoms with Crippen molar-refractivity contribution < 1.29 is 0 Å². The number of pyridine rings is 1. The predicted molar refractivity (Wildman–Crippen MR) is 77.9 cm³/mol. The third kappa shape index (κ3) is 2.99. The number of benzene rings is 1. The molecule has 2 N–H and O–H groups in total. The Kier molecular flexibility index (Phi) is 3.53. The van der Waals surface area contributed by atoms with E-state index < -0.39 is 0 Å². The number of nitrogens with zero attached hydrogens (tertiary/aromatic N) is 1. The lowest BCUT2D eigenvalue weighted by atomic mass is 10.1. The fraction of sp³-hybridized carbons (Fsp3) is 0.400. The lowest BCUT2D eigenvalue weighted by Gasteiger charge is -2.20. The molecular formula is C15H21N3. The van der Waals surface area contributed by atoms with Gasteiger partial charge in [0.2, 0.25) is 0 Å². The van der Waals surface area contributed by atoms with Gasteiger partial charge in [-0.1, -0.05) is 18.2 Å². The van der Waals surface area contributed by atoms with Crippen molar-refractivity contribution in [1.82, 2.24) is 10.3 Å². The van der Waals surface area contributed by atoms with Gasteiger partial charge in [0, 0.05) is 30.2 Å². The first-order valence-corrected chi connectivity index (χ1v) is 6.31. The van der Waals surface area contributed by atoms with Gasteiger partial charge in [-0.25, -0.2) is 0 Å². The van der Waals surface area contributed by atoms with Crippen LogP contribution in [-0.4, -0.2) is 17.6 Å². The second kappa shape index (κ2) is 4.94. The van der Waals surface area contributed by atoms with E-state index in [-0.39, 0.29) is 5.54 Å². The molecule has 0 fully saturated rings. The summed E-state index contributed by atoms with van der Waals surface area (Å²) in [5.41, 5.74) is 3.34. The summed E-state index contributed by atoms with van der Waals surface area (Å²) in [6.45, 7) is 7.26. The van der Waals surface area contributed by atoms with Gasteiger partial charge in [0.05, 0.1) is 11.2 Å². The molecule has 3 nitrogen and oxygen atoms in total. The summed E-state index contributed by atoms with van der Waals surface area (Å²) in [6.07, 6.45) is 0. The van der Waals surface area contributed by atoms with E-state index in [1.807, 2.05) is 19.2 Å². The van der Waals surface area contributed by atoms with E-state index in [0.29, 0.717) is 0 Å². The number of aromatic nitrogens is 1. The number of hydrogen-bond acceptors (Lipinski definition) is 3. The van der Waals surface area contributed by atoms with E-state index in [4.69, 9.17) is 0 Å². The van der Waals surface area contributed by atoms with Gasteiger partial charge in [0.25, 0.3) is 0 Å². The highest BCUT2D eigenvalue weighted by Crippen LogP contribution is 2.22. The standard InChI is InChI=1S/C15H21N3/c1-15(2,3)17-10-11-9-14(16-4)12-7-5-6-8-13(12)18-11/h5-9,17H,10H2,1-4H3,(H,16,18). The van der Waals surface area contributed by atoms with Crippen LogP contribution in [0.1, 0.15) is 26.5 Å². The Labute approximate surface area is 109 Å². The summed E-state index contributed by atoms with van der Waals surface area (Å²) in [5.74, 6) is 0. The molecule has 2 rings (SSSR count). The average molecular weight is 243 g/mol. The summed E-state index contributed by atoms with van der Waals surface area (Å²) in [6, 6.07) is 10.3. The summed E-state index contributed by atoms with van der Waals surface area (Å²) in [5, 5.41) is 7.87. The molecule has 2 aromatic rings. The van der Waals surface area contributed by atoms with Crippen molar-refractivity contribution in [1.29, 1.82) is 0 Å². The fourth-order valence-electron chi connectivity index (χ4n) is 1.88. The maximum atomic E-state index is 4.68. The van der Waals surface area contributed by atoms with Gasteiger partial charge in [-0.3, -0.25) is 4.98 Å². The molecule has 18 heavy (non-hydrogen) atoms. The topological polar surface area (TPSA) is 37.0 Å². The Morgan fingerprint density at radius 1 is 1.17 bits per heavy atom. The van der Waals surface area contributed by atoms with Crippen LogP contribution in [0.25, 0.3) is 10.9 Å². The van der Waals surface area contributed by atoms with Crippen LogP contribution in [0.4, 0.5) is 5.69 Å². The summed E-state index contributed by atoms with van der Waals surface area (Å²) in [7, 11) is 1.95. The van der Waals surface area contributed by atoms with Crippen LogP contribution in [0.15, 0.2) is 30.3 Å². The maximum absolute atomic E-state index is 4.68. The first-order valence-electron chi connectivity index (χ1n) is 6.31. The van der Waals surface area contributed by atoms with Crippen molar-refractivity contribution in [2.45, 2.75) is 32.9 Å². The van der Waals surface area contributed by atoms with Crippen LogP contribution >= 0.6 is 0 Å². The summed E-state index contributed by atoms with van der Waals surface area (Å²) < 4.78 is 0. The monoisotopic (exact) mass is 243 g/mol. The Morgan fingerprint density at radius 2 is 1.89 bits per heavy atom. The van der Waals surface area contributed by atoms with Crippen molar-refractivity contribution in [3.8, 4) is 0 Å². The van der Waals surface area contributed by atoms with E-state index in [0.717, 1.165) is 23.4 Å². The van der Waals surface area contributed by atoms with Crippen molar-refractivity contribution in [3.05, 3.63) is 36.0 Å². The lowest BCUT2D eigenvalue weighted by molar-refractivity contribution is 0.421. The number of rotatable bonds is 3. The van der Waals surface area contributed by atoms with E-state index in [1.165, 1.54) is 5.39 Å². The molecule has 0 aliphatic rings. The zero-order valence-electron chi connectivity index (χ0n) is 11.5. The van der Waals surface area contributed by atoms with Crippen molar-refractivity contribution in [3.63, 3.8) is 0 Å². The SMILES string of the molecule is CNc1cc(CNC(C)(C)C)nc2ccccc12. The van der Waals surface area contributed by atoms with Gasteiger partial charge in [-0.2, -0.15) is 0 Å². The Hall–Kier alpha value is -1.61. The molecule has 1 aromatic heterocycles. The molecule has 0 bridgehead atoms. The van der Waals surface area contributed by atoms with Crippen molar-refractivity contribution in [2.24, 2.45) is 0 Å². The predicted octanol–water partition coefficient (Wildman–Crippen LogP) is 3.16. The molecule has 0 atom stereocenters. The molecule has 0 aliphatic carbocycles. The molecule has 0 unspecified atom stereocenters. The van der Waals surface area contributed by atoms with Crippen LogP contribution in [0, 0.1) is 0 Å². The molecule has 0 saturated carbocycles. The quantitative estimate of drug-likeness (QED) is 0.869. The van der Waals surface area contributed by atoms with Crippen LogP contribution in [0.2, 0.25) is 0 Å². The van der Waals surface area contributed by atoms with E-state index in [9.17, 15) is 0 Å². The molecule has 3 heteroatoms. The molecule has 1 heterocycles. The fourth-order valence-corrected chi connectivity index (χ4v) is 1.88. The minimum atomic E-state index is 0.104. The number of fused-ring (bicyclic) bond motifs is 1. The molecule has 96 valence electrons. The smallest absolute Gasteiger partial charge is 0.0726 e. The molecule has 1 aromatic carbocycles. The van der Waals surface area contributed by atoms with Gasteiger partial charge >= 0.3 is 0 Å². The highest BCUT2D eigenvalue weighted by Gasteiger charge is 2.10. The van der Waals surface area contributed by atoms with E-state index in [2.05, 4.69) is 54.6 Å². The lowest BCUT2D eigenvalue weighted by Crippen LogP contribution is -2.35. The summed E-state index contributed by atoms with van der Waals surface area (Å²) in [4.78, 5) is 4.68. The van der Waals surface area contributed by atoms with Crippen LogP contribution in [0.5, 0.6) is 0 Å². The third-order valence-corrected chi connectivity index (χ3v) is 2.84. The van der Waals surface area contributed by atoms with Gasteiger partial charge in [0.1, 0.15) is 0 Å². The van der Waals surface area contributed by atoms with Crippen LogP contribution < -0.4 is 10.6 Å². The zero-order chi connectivity index (χ0) is 13.2. The number of hydrogen-bond donors (Lipinski definition) is 2. The zero-order valence-corrected chi connectivity index (χ0v) is 11.5. The first-order chi connectivity index (χ1) is 8.49. The molecule has 0 amide bonds. The normalized spacial score (nSPS) is 11.8. The highest BCUT2D eigenvalue weighted by molar-refractivity contribution is 5.91. The average Bonchev–Trinajstić information content (AvgIpc) is 2.34. The van der Waals surface area contributed by atoms with Gasteiger partial charge < -0.3 is 10.6 Å². The van der Waals surface area contributed by atoms with E-state index in [1.54, 1.807) is 0 Å². The summed E-state index contributed by atoms with van der Waals surface area (Å²) >= 11 is 0. The van der Waals surface area contributed by atoms with E-state index >= 15 is 0 Å². The molecule has 0 radical (unpaired) electrons. The Balaban J connectivity index is 2.35. The van der Waals surface area contributed by atoms with Gasteiger partial charge in [0.15, 0.2) is 0 Å². The maximum Gasteiger partial charge on any atom is 0.0726 e. The van der Waals surface area contributed by atoms with Crippen molar-refractivity contribution >= 4 is 16.6 Å². The highest BCUT2D eigenvalue weighted by atomic mass is 15.0. The number of anilines is 1. The second-order valence-corrected chi connectivity index (χ2v) is 5.53. The Bertz CT molecular complexity index is 541. The first kappa shape index (κ1) is 12.8. The van der Waals surface area contributed by atoms with Crippen LogP contribution in [0.3, 0.4) is 0 Å². The largest absolute Gasteiger partial charge is 0.388 e. The molecule has 0 spiro atoms. The van der Waals surface area contributed by atoms with Crippen molar-refractivity contribution in [2.75, 3.05) is 12.4 Å². The number of nitrogens with one attached hydrogen (secondary N) is 2. The third-order valence-electron chi connectivity index (χ3n) is 2.84. The minimum absolute atomic E-state index is 0.104. The molecular weight excluding hydrogens is 222 g/mol.